The molecule has 36 heavy (non-hydrogen) atoms. The summed E-state index contributed by atoms with van der Waals surface area (Å²) in [5.74, 6) is 0. The first-order valence-corrected chi connectivity index (χ1v) is 17.0. The van der Waals surface area contributed by atoms with Crippen molar-refractivity contribution in [2.24, 2.45) is 0 Å². The van der Waals surface area contributed by atoms with E-state index in [0.29, 0.717) is 20.6 Å². The van der Waals surface area contributed by atoms with E-state index in [0.717, 1.165) is 12.6 Å². The molecule has 0 aliphatic carbocycles. The minimum atomic E-state index is -10.7. The van der Waals surface area contributed by atoms with Crippen LogP contribution in [0.4, 0.5) is 25.2 Å². The minimum absolute atomic E-state index is 0.189. The first-order valence-electron chi connectivity index (χ1n) is 12.0. The van der Waals surface area contributed by atoms with Crippen molar-refractivity contribution in [3.8, 4) is 0 Å². The Morgan fingerprint density at radius 3 is 1.39 bits per heavy atom. The van der Waals surface area contributed by atoms with Crippen LogP contribution in [0.3, 0.4) is 0 Å². The van der Waals surface area contributed by atoms with E-state index in [2.05, 4.69) is 123 Å². The van der Waals surface area contributed by atoms with E-state index < -0.39 is 7.81 Å². The second-order valence-electron chi connectivity index (χ2n) is 13.3. The summed E-state index contributed by atoms with van der Waals surface area (Å²) in [6.07, 6.45) is 4.67. The molecule has 1 aromatic carbocycles. The first-order chi connectivity index (χ1) is 15.4. The van der Waals surface area contributed by atoms with Gasteiger partial charge in [-0.3, -0.25) is 0 Å². The number of para-hydroxylation sites is 2. The Hall–Kier alpha value is -0.440. The number of rotatable bonds is 4. The Morgan fingerprint density at radius 2 is 1.03 bits per heavy atom. The van der Waals surface area contributed by atoms with E-state index in [1.165, 1.54) is 11.0 Å². The number of hydrogen-bond donors (Lipinski definition) is 0. The SMILES string of the molecule is CC(C)(C)P(Cn1c[n+](CP(C(C)(C)C)C(C)(C)C)c2ccccc21)C(C)(C)C.F[P-](F)(F)(F)(F)F. The molecule has 2 aromatic rings. The summed E-state index contributed by atoms with van der Waals surface area (Å²) in [7, 11) is -11.0. The van der Waals surface area contributed by atoms with Crippen molar-refractivity contribution in [3.05, 3.63) is 30.6 Å². The fraction of sp³-hybridized carbons (Fsp3) is 0.720. The van der Waals surface area contributed by atoms with Gasteiger partial charge in [0.1, 0.15) is 12.6 Å². The summed E-state index contributed by atoms with van der Waals surface area (Å²) in [4.78, 5) is 0. The summed E-state index contributed by atoms with van der Waals surface area (Å²) in [5.41, 5.74) is 2.76. The maximum absolute atomic E-state index is 10.7. The molecule has 0 aliphatic heterocycles. The molecule has 2 nitrogen and oxygen atoms in total. The molecule has 0 radical (unpaired) electrons. The van der Waals surface area contributed by atoms with Gasteiger partial charge in [0.25, 0.3) is 0 Å². The average Bonchev–Trinajstić information content (AvgIpc) is 2.88. The molecule has 1 aromatic heterocycles. The normalized spacial score (nSPS) is 16.1. The van der Waals surface area contributed by atoms with E-state index >= 15 is 0 Å². The second-order valence-corrected chi connectivity index (χ2v) is 22.9. The van der Waals surface area contributed by atoms with Gasteiger partial charge >= 0.3 is 33.0 Å². The van der Waals surface area contributed by atoms with Crippen LogP contribution in [-0.4, -0.2) is 25.2 Å². The summed E-state index contributed by atoms with van der Waals surface area (Å²) < 4.78 is 64.3. The fourth-order valence-electron chi connectivity index (χ4n) is 4.63. The predicted octanol–water partition coefficient (Wildman–Crippen LogP) is 11.4. The van der Waals surface area contributed by atoms with Crippen LogP contribution >= 0.6 is 23.7 Å². The van der Waals surface area contributed by atoms with Crippen molar-refractivity contribution >= 4 is 34.7 Å². The van der Waals surface area contributed by atoms with Crippen LogP contribution in [0.1, 0.15) is 83.1 Å². The van der Waals surface area contributed by atoms with Crippen molar-refractivity contribution in [2.45, 2.75) is 116 Å². The fourth-order valence-corrected chi connectivity index (χ4v) is 11.4. The Morgan fingerprint density at radius 1 is 0.667 bits per heavy atom. The number of aromatic nitrogens is 2. The van der Waals surface area contributed by atoms with Crippen LogP contribution in [0.5, 0.6) is 0 Å². The predicted molar refractivity (Wildman–Crippen MR) is 149 cm³/mol. The van der Waals surface area contributed by atoms with Crippen LogP contribution in [0.25, 0.3) is 11.0 Å². The van der Waals surface area contributed by atoms with Crippen molar-refractivity contribution < 1.29 is 29.7 Å². The third kappa shape index (κ3) is 12.0. The van der Waals surface area contributed by atoms with E-state index in [1.54, 1.807) is 0 Å². The molecule has 1 heterocycles. The molecular formula is C25H45F6N2P3. The van der Waals surface area contributed by atoms with Crippen molar-refractivity contribution in [1.29, 1.82) is 0 Å². The molecule has 0 bridgehead atoms. The van der Waals surface area contributed by atoms with Crippen LogP contribution < -0.4 is 4.57 Å². The zero-order chi connectivity index (χ0) is 28.8. The van der Waals surface area contributed by atoms with Gasteiger partial charge in [0.05, 0.1) is 0 Å². The molecule has 0 atom stereocenters. The Kier molecular flexibility index (Phi) is 8.99. The molecule has 0 amide bonds. The van der Waals surface area contributed by atoms with Crippen molar-refractivity contribution in [1.82, 2.24) is 4.57 Å². The molecule has 11 heteroatoms. The van der Waals surface area contributed by atoms with Gasteiger partial charge in [-0.25, -0.2) is 9.13 Å². The summed E-state index contributed by atoms with van der Waals surface area (Å²) >= 11 is 0. The Balaban J connectivity index is 0.000000809. The first kappa shape index (κ1) is 33.6. The van der Waals surface area contributed by atoms with E-state index in [4.69, 9.17) is 0 Å². The van der Waals surface area contributed by atoms with E-state index in [9.17, 15) is 25.2 Å². The Bertz CT molecular complexity index is 928. The van der Waals surface area contributed by atoms with Crippen molar-refractivity contribution in [3.63, 3.8) is 0 Å². The number of hydrogen-bond acceptors (Lipinski definition) is 0. The topological polar surface area (TPSA) is 8.81 Å². The maximum atomic E-state index is 9.87. The zero-order valence-electron chi connectivity index (χ0n) is 23.8. The molecule has 0 saturated carbocycles. The third-order valence-electron chi connectivity index (χ3n) is 5.61. The number of imidazole rings is 1. The van der Waals surface area contributed by atoms with Gasteiger partial charge in [0.15, 0.2) is 11.0 Å². The molecule has 0 fully saturated rings. The molecule has 0 unspecified atom stereocenters. The van der Waals surface area contributed by atoms with Gasteiger partial charge in [0.2, 0.25) is 6.33 Å². The summed E-state index contributed by atoms with van der Waals surface area (Å²) in [6, 6.07) is 8.99. The van der Waals surface area contributed by atoms with Crippen LogP contribution in [0.15, 0.2) is 30.6 Å². The standard InChI is InChI=1S/C25H45N2P2.F6P/c1-22(2,3)28(23(4,5)6)18-26-17-27(21-16-14-13-15-20(21)26)19-29(24(7,8)9)25(10,11)12;1-7(2,3,4,5)6/h13-17H,18-19H2,1-12H3;/q+1;-1. The van der Waals surface area contributed by atoms with Gasteiger partial charge in [-0.15, -0.1) is 0 Å². The second kappa shape index (κ2) is 9.63. The van der Waals surface area contributed by atoms with Crippen molar-refractivity contribution in [2.75, 3.05) is 0 Å². The summed E-state index contributed by atoms with van der Waals surface area (Å²) in [5, 5.41) is 1.31. The third-order valence-corrected chi connectivity index (χ3v) is 13.3. The monoisotopic (exact) mass is 580 g/mol. The van der Waals surface area contributed by atoms with E-state index in [-0.39, 0.29) is 15.8 Å². The van der Waals surface area contributed by atoms with Gasteiger partial charge in [-0.2, -0.15) is 0 Å². The average molecular weight is 581 g/mol. The van der Waals surface area contributed by atoms with Crippen LogP contribution in [0.2, 0.25) is 0 Å². The number of halogens is 6. The van der Waals surface area contributed by atoms with Gasteiger partial charge < -0.3 is 0 Å². The molecule has 0 spiro atoms. The quantitative estimate of drug-likeness (QED) is 0.193. The number of benzene rings is 1. The van der Waals surface area contributed by atoms with Gasteiger partial charge in [-0.1, -0.05) is 111 Å². The van der Waals surface area contributed by atoms with Crippen LogP contribution in [0, 0.1) is 0 Å². The molecular weight excluding hydrogens is 535 g/mol. The molecule has 0 saturated heterocycles. The van der Waals surface area contributed by atoms with Crippen LogP contribution in [-0.2, 0) is 12.6 Å². The molecule has 212 valence electrons. The molecule has 2 rings (SSSR count). The molecule has 0 N–H and O–H groups in total. The molecule has 0 aliphatic rings. The number of nitrogens with zero attached hydrogens (tertiary/aromatic N) is 2. The van der Waals surface area contributed by atoms with E-state index in [1.807, 2.05) is 0 Å². The number of fused-ring (bicyclic) bond motifs is 1. The summed E-state index contributed by atoms with van der Waals surface area (Å²) in [6.45, 7) is 29.0. The van der Waals surface area contributed by atoms with Gasteiger partial charge in [-0.05, 0) is 32.8 Å². The van der Waals surface area contributed by atoms with Gasteiger partial charge in [0, 0.05) is 0 Å². The zero-order valence-corrected chi connectivity index (χ0v) is 26.5. The Labute approximate surface area is 216 Å².